The minimum atomic E-state index is -4.63. The molecule has 0 saturated heterocycles. The number of rotatable bonds is 5. The Labute approximate surface area is 188 Å². The van der Waals surface area contributed by atoms with E-state index in [0.717, 1.165) is 21.3 Å². The lowest BCUT2D eigenvalue weighted by Crippen LogP contribution is -2.42. The number of carbonyl (C=O) groups excluding carboxylic acids is 1. The lowest BCUT2D eigenvalue weighted by molar-refractivity contribution is -0.137. The fourth-order valence-electron chi connectivity index (χ4n) is 3.35. The van der Waals surface area contributed by atoms with Gasteiger partial charge in [-0.1, -0.05) is 23.7 Å². The third-order valence-electron chi connectivity index (χ3n) is 4.90. The molecule has 7 nitrogen and oxygen atoms in total. The topological polar surface area (TPSA) is 86.2 Å². The molecule has 0 atom stereocenters. The quantitative estimate of drug-likeness (QED) is 0.468. The lowest BCUT2D eigenvalue weighted by atomic mass is 10.2. The zero-order valence-electron chi connectivity index (χ0n) is 16.7. The van der Waals surface area contributed by atoms with Crippen LogP contribution < -0.4 is 16.6 Å². The number of fused-ring (bicyclic) bond motifs is 1. The molecule has 0 bridgehead atoms. The number of carbonyl (C=O) groups is 1. The zero-order chi connectivity index (χ0) is 23.8. The van der Waals surface area contributed by atoms with Crippen LogP contribution in [0.25, 0.3) is 10.9 Å². The van der Waals surface area contributed by atoms with E-state index in [2.05, 4.69) is 5.32 Å². The number of alkyl halides is 3. The second kappa shape index (κ2) is 8.62. The van der Waals surface area contributed by atoms with Gasteiger partial charge in [-0.2, -0.15) is 13.2 Å². The number of hydrogen-bond acceptors (Lipinski definition) is 4. The average molecular weight is 478 g/mol. The fourth-order valence-corrected chi connectivity index (χ4v) is 3.52. The second-order valence-electron chi connectivity index (χ2n) is 7.10. The number of anilines is 1. The van der Waals surface area contributed by atoms with Gasteiger partial charge in [-0.3, -0.25) is 18.7 Å². The van der Waals surface area contributed by atoms with E-state index in [4.69, 9.17) is 16.0 Å². The predicted molar refractivity (Wildman–Crippen MR) is 115 cm³/mol. The summed E-state index contributed by atoms with van der Waals surface area (Å²) in [6.07, 6.45) is -3.23. The summed E-state index contributed by atoms with van der Waals surface area (Å²) in [4.78, 5) is 38.7. The standard InChI is InChI=1S/C22H15ClF3N3O4/c23-16-8-7-13(22(24,25)26)10-17(16)27-19(30)12-28-18-6-2-1-5-15(18)20(31)29(21(28)32)11-14-4-3-9-33-14/h1-10H,11-12H2,(H,27,30). The SMILES string of the molecule is O=C(Cn1c(=O)n(Cc2ccco2)c(=O)c2ccccc21)Nc1cc(C(F)(F)F)ccc1Cl. The Morgan fingerprint density at radius 1 is 1.03 bits per heavy atom. The number of nitrogens with one attached hydrogen (secondary N) is 1. The molecule has 0 unspecified atom stereocenters. The van der Waals surface area contributed by atoms with Gasteiger partial charge >= 0.3 is 11.9 Å². The minimum Gasteiger partial charge on any atom is -0.467 e. The number of furan rings is 1. The van der Waals surface area contributed by atoms with Gasteiger partial charge in [0.2, 0.25) is 5.91 Å². The molecule has 0 spiro atoms. The Balaban J connectivity index is 1.72. The molecule has 2 heterocycles. The van der Waals surface area contributed by atoms with Gasteiger partial charge in [-0.15, -0.1) is 0 Å². The summed E-state index contributed by atoms with van der Waals surface area (Å²) in [6.45, 7) is -0.721. The summed E-state index contributed by atoms with van der Waals surface area (Å²) in [5.41, 5.74) is -2.38. The van der Waals surface area contributed by atoms with E-state index in [1.165, 1.54) is 18.4 Å². The van der Waals surface area contributed by atoms with Crippen LogP contribution in [0.15, 0.2) is 74.9 Å². The van der Waals surface area contributed by atoms with E-state index in [1.54, 1.807) is 24.3 Å². The van der Waals surface area contributed by atoms with Crippen molar-refractivity contribution in [3.8, 4) is 0 Å². The first-order valence-electron chi connectivity index (χ1n) is 9.56. The highest BCUT2D eigenvalue weighted by atomic mass is 35.5. The zero-order valence-corrected chi connectivity index (χ0v) is 17.5. The number of hydrogen-bond donors (Lipinski definition) is 1. The van der Waals surface area contributed by atoms with Crippen molar-refractivity contribution >= 4 is 34.1 Å². The molecule has 0 radical (unpaired) electrons. The van der Waals surface area contributed by atoms with Crippen molar-refractivity contribution in [2.75, 3.05) is 5.32 Å². The number of benzene rings is 2. The molecule has 0 aliphatic carbocycles. The molecule has 11 heteroatoms. The van der Waals surface area contributed by atoms with Gasteiger partial charge in [0.05, 0.1) is 40.0 Å². The summed E-state index contributed by atoms with van der Waals surface area (Å²) in [5, 5.41) is 2.39. The first-order valence-corrected chi connectivity index (χ1v) is 9.94. The molecule has 4 aromatic rings. The van der Waals surface area contributed by atoms with Gasteiger partial charge < -0.3 is 9.73 Å². The van der Waals surface area contributed by atoms with Crippen LogP contribution in [-0.4, -0.2) is 15.0 Å². The van der Waals surface area contributed by atoms with Crippen LogP contribution in [-0.2, 0) is 24.1 Å². The molecule has 1 N–H and O–H groups in total. The molecular weight excluding hydrogens is 463 g/mol. The van der Waals surface area contributed by atoms with Crippen molar-refractivity contribution in [3.05, 3.63) is 98.0 Å². The Bertz CT molecular complexity index is 1460. The summed E-state index contributed by atoms with van der Waals surface area (Å²) in [6, 6.07) is 11.9. The third kappa shape index (κ3) is 4.56. The van der Waals surface area contributed by atoms with E-state index in [1.807, 2.05) is 0 Å². The highest BCUT2D eigenvalue weighted by molar-refractivity contribution is 6.33. The molecule has 2 aromatic heterocycles. The minimum absolute atomic E-state index is 0.101. The van der Waals surface area contributed by atoms with Crippen LogP contribution in [0.5, 0.6) is 0 Å². The van der Waals surface area contributed by atoms with E-state index in [0.29, 0.717) is 11.8 Å². The smallest absolute Gasteiger partial charge is 0.416 e. The molecule has 0 aliphatic heterocycles. The van der Waals surface area contributed by atoms with Crippen molar-refractivity contribution in [2.45, 2.75) is 19.3 Å². The second-order valence-corrected chi connectivity index (χ2v) is 7.50. The predicted octanol–water partition coefficient (Wildman–Crippen LogP) is 4.12. The maximum Gasteiger partial charge on any atom is 0.416 e. The number of para-hydroxylation sites is 1. The number of aromatic nitrogens is 2. The number of amides is 1. The maximum absolute atomic E-state index is 13.1. The van der Waals surface area contributed by atoms with Crippen LogP contribution in [0.3, 0.4) is 0 Å². The van der Waals surface area contributed by atoms with Crippen LogP contribution in [0.4, 0.5) is 18.9 Å². The van der Waals surface area contributed by atoms with Crippen molar-refractivity contribution in [1.29, 1.82) is 0 Å². The Hall–Kier alpha value is -3.79. The first kappa shape index (κ1) is 22.4. The summed E-state index contributed by atoms with van der Waals surface area (Å²) < 4.78 is 46.2. The fraction of sp³-hybridized carbons (Fsp3) is 0.136. The van der Waals surface area contributed by atoms with Gasteiger partial charge in [0.1, 0.15) is 12.3 Å². The summed E-state index contributed by atoms with van der Waals surface area (Å²) in [7, 11) is 0. The lowest BCUT2D eigenvalue weighted by Gasteiger charge is -2.15. The van der Waals surface area contributed by atoms with Gasteiger partial charge in [0.25, 0.3) is 5.56 Å². The van der Waals surface area contributed by atoms with Gasteiger partial charge in [-0.25, -0.2) is 4.79 Å². The molecule has 2 aromatic carbocycles. The van der Waals surface area contributed by atoms with Gasteiger partial charge in [0, 0.05) is 0 Å². The molecule has 1 amide bonds. The van der Waals surface area contributed by atoms with Crippen molar-refractivity contribution in [3.63, 3.8) is 0 Å². The van der Waals surface area contributed by atoms with Crippen LogP contribution in [0.2, 0.25) is 5.02 Å². The normalized spacial score (nSPS) is 11.6. The van der Waals surface area contributed by atoms with E-state index in [9.17, 15) is 27.6 Å². The van der Waals surface area contributed by atoms with Gasteiger partial charge in [0.15, 0.2) is 0 Å². The van der Waals surface area contributed by atoms with Crippen LogP contribution >= 0.6 is 11.6 Å². The summed E-state index contributed by atoms with van der Waals surface area (Å²) >= 11 is 5.94. The Morgan fingerprint density at radius 2 is 1.79 bits per heavy atom. The first-order chi connectivity index (χ1) is 15.6. The monoisotopic (exact) mass is 477 g/mol. The Kier molecular flexibility index (Phi) is 5.86. The molecule has 170 valence electrons. The molecular formula is C22H15ClF3N3O4. The van der Waals surface area contributed by atoms with Crippen LogP contribution in [0.1, 0.15) is 11.3 Å². The number of nitrogens with zero attached hydrogens (tertiary/aromatic N) is 2. The third-order valence-corrected chi connectivity index (χ3v) is 5.23. The molecule has 4 rings (SSSR count). The number of halogens is 4. The average Bonchev–Trinajstić information content (AvgIpc) is 3.28. The largest absolute Gasteiger partial charge is 0.467 e. The molecule has 0 fully saturated rings. The van der Waals surface area contributed by atoms with Crippen molar-refractivity contribution in [2.24, 2.45) is 0 Å². The van der Waals surface area contributed by atoms with E-state index in [-0.39, 0.29) is 28.2 Å². The molecule has 0 saturated carbocycles. The van der Waals surface area contributed by atoms with Gasteiger partial charge in [-0.05, 0) is 42.5 Å². The van der Waals surface area contributed by atoms with E-state index >= 15 is 0 Å². The summed E-state index contributed by atoms with van der Waals surface area (Å²) in [5.74, 6) is -0.442. The Morgan fingerprint density at radius 3 is 2.48 bits per heavy atom. The van der Waals surface area contributed by atoms with Crippen molar-refractivity contribution < 1.29 is 22.4 Å². The molecule has 0 aliphatic rings. The molecule has 33 heavy (non-hydrogen) atoms. The highest BCUT2D eigenvalue weighted by Crippen LogP contribution is 2.33. The van der Waals surface area contributed by atoms with E-state index < -0.39 is 35.4 Å². The van der Waals surface area contributed by atoms with Crippen molar-refractivity contribution in [1.82, 2.24) is 9.13 Å². The maximum atomic E-state index is 13.1. The van der Waals surface area contributed by atoms with Crippen LogP contribution in [0, 0.1) is 0 Å². The highest BCUT2D eigenvalue weighted by Gasteiger charge is 2.31.